The highest BCUT2D eigenvalue weighted by molar-refractivity contribution is 6.31. The molecule has 3 aliphatic rings. The van der Waals surface area contributed by atoms with E-state index in [4.69, 9.17) is 31.0 Å². The molecule has 0 amide bonds. The maximum atomic E-state index is 6.44. The Hall–Kier alpha value is -2.20. The zero-order chi connectivity index (χ0) is 23.7. The van der Waals surface area contributed by atoms with Gasteiger partial charge in [-0.2, -0.15) is 9.97 Å². The average Bonchev–Trinajstić information content (AvgIpc) is 3.44. The first-order valence-electron chi connectivity index (χ1n) is 12.1. The van der Waals surface area contributed by atoms with E-state index in [1.54, 1.807) is 13.2 Å². The summed E-state index contributed by atoms with van der Waals surface area (Å²) in [5.74, 6) is 1.57. The Morgan fingerprint density at radius 1 is 1.18 bits per heavy atom. The van der Waals surface area contributed by atoms with Crippen molar-refractivity contribution in [1.82, 2.24) is 30.1 Å². The number of aromatic nitrogens is 3. The summed E-state index contributed by atoms with van der Waals surface area (Å²) in [6, 6.07) is 4.89. The van der Waals surface area contributed by atoms with Gasteiger partial charge in [0, 0.05) is 63.0 Å². The summed E-state index contributed by atoms with van der Waals surface area (Å²) in [6.45, 7) is 8.86. The van der Waals surface area contributed by atoms with Crippen LogP contribution in [0.25, 0.3) is 0 Å². The number of hydrogen-bond donors (Lipinski definition) is 1. The van der Waals surface area contributed by atoms with Gasteiger partial charge < -0.3 is 24.6 Å². The van der Waals surface area contributed by atoms with E-state index < -0.39 is 0 Å². The van der Waals surface area contributed by atoms with Crippen molar-refractivity contribution < 1.29 is 9.47 Å². The fourth-order valence-corrected chi connectivity index (χ4v) is 5.28. The monoisotopic (exact) mass is 487 g/mol. The number of likely N-dealkylation sites (tertiary alicyclic amines) is 1. The van der Waals surface area contributed by atoms with Gasteiger partial charge in [-0.05, 0) is 39.4 Å². The van der Waals surface area contributed by atoms with Gasteiger partial charge in [0.05, 0.1) is 23.5 Å². The fraction of sp³-hybridized carbons (Fsp3) is 0.625. The molecule has 9 nitrogen and oxygen atoms in total. The van der Waals surface area contributed by atoms with Crippen LogP contribution >= 0.6 is 11.6 Å². The van der Waals surface area contributed by atoms with Crippen molar-refractivity contribution in [2.75, 3.05) is 51.8 Å². The topological polar surface area (TPSA) is 78.9 Å². The third-order valence-electron chi connectivity index (χ3n) is 7.13. The van der Waals surface area contributed by atoms with E-state index in [2.05, 4.69) is 39.0 Å². The molecule has 2 atom stereocenters. The summed E-state index contributed by atoms with van der Waals surface area (Å²) in [5, 5.41) is 4.12. The highest BCUT2D eigenvalue weighted by atomic mass is 35.5. The van der Waals surface area contributed by atoms with Gasteiger partial charge in [0.25, 0.3) is 0 Å². The fourth-order valence-electron chi connectivity index (χ4n) is 5.11. The Labute approximate surface area is 206 Å². The van der Waals surface area contributed by atoms with Crippen LogP contribution in [0.15, 0.2) is 12.1 Å². The Morgan fingerprint density at radius 2 is 2.06 bits per heavy atom. The zero-order valence-corrected chi connectivity index (χ0v) is 21.0. The normalized spacial score (nSPS) is 23.4. The van der Waals surface area contributed by atoms with Gasteiger partial charge >= 0.3 is 6.01 Å². The number of nitrogens with one attached hydrogen (secondary N) is 1. The molecule has 2 saturated heterocycles. The Morgan fingerprint density at radius 3 is 2.82 bits per heavy atom. The predicted octanol–water partition coefficient (Wildman–Crippen LogP) is 2.32. The minimum atomic E-state index is 0.352. The quantitative estimate of drug-likeness (QED) is 0.632. The lowest BCUT2D eigenvalue weighted by Crippen LogP contribution is -2.50. The molecule has 10 heteroatoms. The molecular formula is C24H34ClN7O2. The van der Waals surface area contributed by atoms with Crippen molar-refractivity contribution in [3.05, 3.63) is 34.1 Å². The van der Waals surface area contributed by atoms with Crippen LogP contribution in [-0.4, -0.2) is 83.8 Å². The van der Waals surface area contributed by atoms with Gasteiger partial charge in [-0.3, -0.25) is 4.90 Å². The van der Waals surface area contributed by atoms with Crippen molar-refractivity contribution in [3.63, 3.8) is 0 Å². The zero-order valence-electron chi connectivity index (χ0n) is 20.3. The van der Waals surface area contributed by atoms with E-state index in [1.165, 1.54) is 12.0 Å². The number of hydrogen-bond acceptors (Lipinski definition) is 9. The number of ether oxygens (including phenoxy) is 2. The van der Waals surface area contributed by atoms with Crippen LogP contribution in [0.3, 0.4) is 0 Å². The number of fused-ring (bicyclic) bond motifs is 1. The Balaban J connectivity index is 1.39. The highest BCUT2D eigenvalue weighted by Gasteiger charge is 2.31. The molecule has 1 N–H and O–H groups in total. The number of anilines is 1. The summed E-state index contributed by atoms with van der Waals surface area (Å²) in [5.41, 5.74) is 3.02. The lowest BCUT2D eigenvalue weighted by atomic mass is 10.1. The van der Waals surface area contributed by atoms with Crippen LogP contribution in [-0.2, 0) is 19.6 Å². The predicted molar refractivity (Wildman–Crippen MR) is 132 cm³/mol. The molecule has 0 bridgehead atoms. The average molecular weight is 488 g/mol. The molecule has 2 aromatic heterocycles. The van der Waals surface area contributed by atoms with E-state index in [1.807, 2.05) is 6.07 Å². The summed E-state index contributed by atoms with van der Waals surface area (Å²) >= 11 is 6.44. The number of piperazine rings is 1. The molecule has 5 rings (SSSR count). The van der Waals surface area contributed by atoms with E-state index in [-0.39, 0.29) is 0 Å². The molecule has 2 fully saturated rings. The van der Waals surface area contributed by atoms with Crippen molar-refractivity contribution in [1.29, 1.82) is 0 Å². The first-order chi connectivity index (χ1) is 16.5. The molecule has 34 heavy (non-hydrogen) atoms. The Bertz CT molecular complexity index is 1020. The second-order valence-corrected chi connectivity index (χ2v) is 9.92. The van der Waals surface area contributed by atoms with Crippen LogP contribution in [0.4, 0.5) is 5.82 Å². The molecule has 184 valence electrons. The minimum absolute atomic E-state index is 0.352. The van der Waals surface area contributed by atoms with Crippen LogP contribution in [0.5, 0.6) is 11.9 Å². The molecule has 0 radical (unpaired) electrons. The van der Waals surface area contributed by atoms with Crippen LogP contribution < -0.4 is 19.7 Å². The first-order valence-corrected chi connectivity index (χ1v) is 12.5. The molecular weight excluding hydrogens is 454 g/mol. The minimum Gasteiger partial charge on any atom is -0.481 e. The maximum Gasteiger partial charge on any atom is 0.318 e. The number of likely N-dealkylation sites (N-methyl/N-ethyl adjacent to an activating group) is 1. The summed E-state index contributed by atoms with van der Waals surface area (Å²) < 4.78 is 11.5. The van der Waals surface area contributed by atoms with Gasteiger partial charge in [0.2, 0.25) is 5.88 Å². The van der Waals surface area contributed by atoms with Crippen molar-refractivity contribution >= 4 is 17.4 Å². The van der Waals surface area contributed by atoms with Crippen LogP contribution in [0, 0.1) is 0 Å². The van der Waals surface area contributed by atoms with E-state index in [9.17, 15) is 0 Å². The van der Waals surface area contributed by atoms with Gasteiger partial charge in [-0.1, -0.05) is 11.6 Å². The molecule has 0 spiro atoms. The molecule has 0 saturated carbocycles. The van der Waals surface area contributed by atoms with Crippen molar-refractivity contribution in [3.8, 4) is 11.9 Å². The number of rotatable bonds is 7. The smallest absolute Gasteiger partial charge is 0.318 e. The van der Waals surface area contributed by atoms with E-state index >= 15 is 0 Å². The SMILES string of the molecule is COc1ccc(Cl)c(CN2Cc3nc(OC[C@@H]4CCCN4C)nc(N4CCNC[C@@H]4C)c3C2)n1. The van der Waals surface area contributed by atoms with Crippen LogP contribution in [0.2, 0.25) is 5.02 Å². The third-order valence-corrected chi connectivity index (χ3v) is 7.47. The van der Waals surface area contributed by atoms with E-state index in [0.29, 0.717) is 48.7 Å². The van der Waals surface area contributed by atoms with Gasteiger partial charge in [0.15, 0.2) is 0 Å². The Kier molecular flexibility index (Phi) is 7.06. The molecule has 0 unspecified atom stereocenters. The number of nitrogens with zero attached hydrogens (tertiary/aromatic N) is 6. The maximum absolute atomic E-state index is 6.44. The van der Waals surface area contributed by atoms with Gasteiger partial charge in [0.1, 0.15) is 12.4 Å². The van der Waals surface area contributed by atoms with Crippen molar-refractivity contribution in [2.24, 2.45) is 0 Å². The first kappa shape index (κ1) is 23.5. The molecule has 5 heterocycles. The lowest BCUT2D eigenvalue weighted by molar-refractivity contribution is 0.187. The summed E-state index contributed by atoms with van der Waals surface area (Å²) in [4.78, 5) is 21.4. The molecule has 0 aliphatic carbocycles. The highest BCUT2D eigenvalue weighted by Crippen LogP contribution is 2.34. The number of methoxy groups -OCH3 is 1. The number of pyridine rings is 1. The van der Waals surface area contributed by atoms with Crippen LogP contribution in [0.1, 0.15) is 36.7 Å². The standard InChI is InChI=1S/C24H34ClN7O2/c1-16-11-26-8-10-32(16)23-18-12-31(14-21-19(25)6-7-22(27-21)33-3)13-20(18)28-24(29-23)34-15-17-5-4-9-30(17)2/h6-7,16-17,26H,4-5,8-15H2,1-3H3/t16-,17-/m0/s1. The second kappa shape index (κ2) is 10.2. The van der Waals surface area contributed by atoms with Crippen molar-refractivity contribution in [2.45, 2.75) is 51.5 Å². The second-order valence-electron chi connectivity index (χ2n) is 9.52. The van der Waals surface area contributed by atoms with Gasteiger partial charge in [-0.15, -0.1) is 0 Å². The molecule has 3 aliphatic heterocycles. The summed E-state index contributed by atoms with van der Waals surface area (Å²) in [6.07, 6.45) is 2.38. The van der Waals surface area contributed by atoms with Gasteiger partial charge in [-0.25, -0.2) is 4.98 Å². The lowest BCUT2D eigenvalue weighted by Gasteiger charge is -2.36. The third kappa shape index (κ3) is 4.93. The summed E-state index contributed by atoms with van der Waals surface area (Å²) in [7, 11) is 3.78. The van der Waals surface area contributed by atoms with E-state index in [0.717, 1.165) is 56.4 Å². The number of halogens is 1. The molecule has 2 aromatic rings. The largest absolute Gasteiger partial charge is 0.481 e. The molecule has 0 aromatic carbocycles.